The highest BCUT2D eigenvalue weighted by molar-refractivity contribution is 5.94. The van der Waals surface area contributed by atoms with E-state index in [4.69, 9.17) is 0 Å². The van der Waals surface area contributed by atoms with E-state index in [1.807, 2.05) is 14.0 Å². The maximum absolute atomic E-state index is 11.4. The van der Waals surface area contributed by atoms with Crippen LogP contribution in [0.3, 0.4) is 0 Å². The third-order valence-corrected chi connectivity index (χ3v) is 3.55. The van der Waals surface area contributed by atoms with E-state index in [1.165, 1.54) is 0 Å². The maximum Gasteiger partial charge on any atom is 0.339 e. The van der Waals surface area contributed by atoms with Crippen LogP contribution < -0.4 is 0 Å². The molecule has 108 valence electrons. The van der Waals surface area contributed by atoms with Crippen molar-refractivity contribution in [2.75, 3.05) is 0 Å². The summed E-state index contributed by atoms with van der Waals surface area (Å²) in [5.74, 6) is -0.958. The molecular weight excluding hydrogens is 256 g/mol. The van der Waals surface area contributed by atoms with Crippen LogP contribution in [0.4, 0.5) is 0 Å². The topological polar surface area (TPSA) is 72.9 Å². The molecule has 0 aliphatic carbocycles. The van der Waals surface area contributed by atoms with Gasteiger partial charge in [-0.3, -0.25) is 9.36 Å². The van der Waals surface area contributed by atoms with E-state index in [-0.39, 0.29) is 11.6 Å². The number of hydrogen-bond acceptors (Lipinski definition) is 3. The molecule has 0 atom stereocenters. The van der Waals surface area contributed by atoms with Crippen LogP contribution in [-0.2, 0) is 7.05 Å². The standard InChI is InChI=1S/C14H20N4O2/c1-5-10(6-2)18-8-12(14(19)20)13(16-18)11-7-17(4)15-9(11)3/h7-8,10H,5-6H2,1-4H3,(H,19,20). The van der Waals surface area contributed by atoms with E-state index >= 15 is 0 Å². The minimum absolute atomic E-state index is 0.221. The number of hydrogen-bond donors (Lipinski definition) is 1. The third kappa shape index (κ3) is 2.45. The Balaban J connectivity index is 2.57. The van der Waals surface area contributed by atoms with Gasteiger partial charge in [0.1, 0.15) is 11.3 Å². The van der Waals surface area contributed by atoms with E-state index in [0.29, 0.717) is 5.69 Å². The first-order valence-electron chi connectivity index (χ1n) is 6.80. The second-order valence-corrected chi connectivity index (χ2v) is 4.95. The second-order valence-electron chi connectivity index (χ2n) is 4.95. The van der Waals surface area contributed by atoms with E-state index in [9.17, 15) is 9.90 Å². The molecule has 6 heteroatoms. The van der Waals surface area contributed by atoms with Crippen molar-refractivity contribution >= 4 is 5.97 Å². The predicted molar refractivity (Wildman–Crippen MR) is 75.7 cm³/mol. The van der Waals surface area contributed by atoms with Gasteiger partial charge in [-0.25, -0.2) is 4.79 Å². The van der Waals surface area contributed by atoms with E-state index in [0.717, 1.165) is 24.1 Å². The molecule has 0 radical (unpaired) electrons. The Labute approximate surface area is 118 Å². The molecule has 20 heavy (non-hydrogen) atoms. The number of carboxylic acids is 1. The highest BCUT2D eigenvalue weighted by atomic mass is 16.4. The van der Waals surface area contributed by atoms with Crippen molar-refractivity contribution in [3.63, 3.8) is 0 Å². The molecule has 0 saturated heterocycles. The van der Waals surface area contributed by atoms with Gasteiger partial charge >= 0.3 is 5.97 Å². The summed E-state index contributed by atoms with van der Waals surface area (Å²) in [6.45, 7) is 6.01. The third-order valence-electron chi connectivity index (χ3n) is 3.55. The molecule has 0 amide bonds. The molecule has 0 fully saturated rings. The van der Waals surface area contributed by atoms with Gasteiger partial charge < -0.3 is 5.11 Å². The SMILES string of the molecule is CCC(CC)n1cc(C(=O)O)c(-c2cn(C)nc2C)n1. The molecule has 2 heterocycles. The minimum atomic E-state index is -0.958. The fourth-order valence-electron chi connectivity index (χ4n) is 2.43. The number of carbonyl (C=O) groups is 1. The van der Waals surface area contributed by atoms with Crippen LogP contribution in [0.2, 0.25) is 0 Å². The molecule has 2 aromatic heterocycles. The Hall–Kier alpha value is -2.11. The summed E-state index contributed by atoms with van der Waals surface area (Å²) in [7, 11) is 1.81. The van der Waals surface area contributed by atoms with Crippen LogP contribution in [0.25, 0.3) is 11.3 Å². The van der Waals surface area contributed by atoms with Crippen LogP contribution in [0.15, 0.2) is 12.4 Å². The summed E-state index contributed by atoms with van der Waals surface area (Å²) >= 11 is 0. The van der Waals surface area contributed by atoms with Crippen molar-refractivity contribution < 1.29 is 9.90 Å². The molecule has 0 aliphatic rings. The smallest absolute Gasteiger partial charge is 0.339 e. The largest absolute Gasteiger partial charge is 0.478 e. The normalized spacial score (nSPS) is 11.2. The number of carboxylic acid groups (broad SMARTS) is 1. The van der Waals surface area contributed by atoms with Gasteiger partial charge in [0.25, 0.3) is 0 Å². The summed E-state index contributed by atoms with van der Waals surface area (Å²) in [6, 6.07) is 0.221. The highest BCUT2D eigenvalue weighted by Gasteiger charge is 2.22. The second kappa shape index (κ2) is 5.48. The lowest BCUT2D eigenvalue weighted by molar-refractivity contribution is 0.0697. The van der Waals surface area contributed by atoms with E-state index in [1.54, 1.807) is 21.8 Å². The van der Waals surface area contributed by atoms with Gasteiger partial charge in [-0.15, -0.1) is 0 Å². The predicted octanol–water partition coefficient (Wildman–Crippen LogP) is 2.65. The maximum atomic E-state index is 11.4. The average molecular weight is 276 g/mol. The summed E-state index contributed by atoms with van der Waals surface area (Å²) in [5.41, 5.74) is 2.28. The number of aryl methyl sites for hydroxylation is 2. The molecule has 0 bridgehead atoms. The van der Waals surface area contributed by atoms with Crippen LogP contribution in [-0.4, -0.2) is 30.6 Å². The number of nitrogens with zero attached hydrogens (tertiary/aromatic N) is 4. The Kier molecular flexibility index (Phi) is 3.92. The Bertz CT molecular complexity index is 623. The van der Waals surface area contributed by atoms with Crippen molar-refractivity contribution in [1.82, 2.24) is 19.6 Å². The van der Waals surface area contributed by atoms with Gasteiger partial charge in [-0.1, -0.05) is 13.8 Å². The Morgan fingerprint density at radius 2 is 1.95 bits per heavy atom. The molecule has 6 nitrogen and oxygen atoms in total. The molecular formula is C14H20N4O2. The van der Waals surface area contributed by atoms with Crippen molar-refractivity contribution in [3.8, 4) is 11.3 Å². The molecule has 0 spiro atoms. The molecule has 0 saturated carbocycles. The summed E-state index contributed by atoms with van der Waals surface area (Å²) in [5, 5.41) is 18.1. The molecule has 2 rings (SSSR count). The zero-order valence-corrected chi connectivity index (χ0v) is 12.3. The average Bonchev–Trinajstić information content (AvgIpc) is 2.94. The highest BCUT2D eigenvalue weighted by Crippen LogP contribution is 2.27. The summed E-state index contributed by atoms with van der Waals surface area (Å²) < 4.78 is 3.44. The molecule has 0 aliphatic heterocycles. The van der Waals surface area contributed by atoms with Crippen LogP contribution in [0, 0.1) is 6.92 Å². The minimum Gasteiger partial charge on any atom is -0.478 e. The summed E-state index contributed by atoms with van der Waals surface area (Å²) in [6.07, 6.45) is 5.27. The molecule has 1 N–H and O–H groups in total. The van der Waals surface area contributed by atoms with Crippen LogP contribution >= 0.6 is 0 Å². The van der Waals surface area contributed by atoms with E-state index in [2.05, 4.69) is 24.0 Å². The first-order valence-corrected chi connectivity index (χ1v) is 6.80. The Morgan fingerprint density at radius 1 is 1.30 bits per heavy atom. The van der Waals surface area contributed by atoms with Crippen LogP contribution in [0.5, 0.6) is 0 Å². The van der Waals surface area contributed by atoms with Crippen LogP contribution in [0.1, 0.15) is 48.8 Å². The van der Waals surface area contributed by atoms with Gasteiger partial charge in [-0.2, -0.15) is 10.2 Å². The van der Waals surface area contributed by atoms with Crippen molar-refractivity contribution in [1.29, 1.82) is 0 Å². The van der Waals surface area contributed by atoms with Gasteiger partial charge in [-0.05, 0) is 19.8 Å². The molecule has 0 unspecified atom stereocenters. The monoisotopic (exact) mass is 276 g/mol. The molecule has 2 aromatic rings. The quantitative estimate of drug-likeness (QED) is 0.911. The molecule has 0 aromatic carbocycles. The number of aromatic nitrogens is 4. The number of rotatable bonds is 5. The number of aromatic carboxylic acids is 1. The van der Waals surface area contributed by atoms with Crippen molar-refractivity contribution in [3.05, 3.63) is 23.7 Å². The van der Waals surface area contributed by atoms with Gasteiger partial charge in [0.05, 0.1) is 11.7 Å². The van der Waals surface area contributed by atoms with Gasteiger partial charge in [0.2, 0.25) is 0 Å². The summed E-state index contributed by atoms with van der Waals surface area (Å²) in [4.78, 5) is 11.4. The zero-order valence-electron chi connectivity index (χ0n) is 12.3. The van der Waals surface area contributed by atoms with Crippen molar-refractivity contribution in [2.24, 2.45) is 7.05 Å². The fourth-order valence-corrected chi connectivity index (χ4v) is 2.43. The lowest BCUT2D eigenvalue weighted by Gasteiger charge is -2.12. The fraction of sp³-hybridized carbons (Fsp3) is 0.500. The zero-order chi connectivity index (χ0) is 14.9. The van der Waals surface area contributed by atoms with Gasteiger partial charge in [0, 0.05) is 25.0 Å². The first-order chi connectivity index (χ1) is 9.47. The lowest BCUT2D eigenvalue weighted by atomic mass is 10.1. The Morgan fingerprint density at radius 3 is 2.40 bits per heavy atom. The van der Waals surface area contributed by atoms with Crippen molar-refractivity contribution in [2.45, 2.75) is 39.7 Å². The van der Waals surface area contributed by atoms with E-state index < -0.39 is 5.97 Å². The first kappa shape index (κ1) is 14.3. The lowest BCUT2D eigenvalue weighted by Crippen LogP contribution is -2.07. The van der Waals surface area contributed by atoms with Gasteiger partial charge in [0.15, 0.2) is 0 Å².